The molecule has 0 aromatic carbocycles. The fourth-order valence-corrected chi connectivity index (χ4v) is 3.14. The second kappa shape index (κ2) is 10.6. The van der Waals surface area contributed by atoms with Gasteiger partial charge in [-0.3, -0.25) is 9.59 Å². The molecule has 22 heavy (non-hydrogen) atoms. The van der Waals surface area contributed by atoms with E-state index >= 15 is 0 Å². The molecule has 0 aromatic heterocycles. The van der Waals surface area contributed by atoms with Crippen LogP contribution in [-0.2, 0) is 14.3 Å². The first kappa shape index (κ1) is 19.0. The summed E-state index contributed by atoms with van der Waals surface area (Å²) in [5.74, 6) is -1.70. The molecular weight excluding hydrogens is 280 g/mol. The van der Waals surface area contributed by atoms with Gasteiger partial charge in [-0.15, -0.1) is 0 Å². The maximum atomic E-state index is 11.8. The number of hydrogen-bond donors (Lipinski definition) is 1. The molecule has 4 heteroatoms. The van der Waals surface area contributed by atoms with E-state index in [9.17, 15) is 14.7 Å². The summed E-state index contributed by atoms with van der Waals surface area (Å²) in [6, 6.07) is 0. The third-order valence-corrected chi connectivity index (χ3v) is 4.80. The first-order valence-electron chi connectivity index (χ1n) is 8.97. The molecule has 0 amide bonds. The topological polar surface area (TPSA) is 63.6 Å². The van der Waals surface area contributed by atoms with Gasteiger partial charge < -0.3 is 9.84 Å². The third-order valence-electron chi connectivity index (χ3n) is 4.80. The number of unbranched alkanes of at least 4 members (excludes halogenated alkanes) is 3. The molecule has 0 heterocycles. The molecule has 0 bridgehead atoms. The Kier molecular flexibility index (Phi) is 9.17. The maximum Gasteiger partial charge on any atom is 0.320 e. The molecule has 2 atom stereocenters. The van der Waals surface area contributed by atoms with Gasteiger partial charge in [0.25, 0.3) is 0 Å². The van der Waals surface area contributed by atoms with E-state index in [4.69, 9.17) is 4.74 Å². The first-order valence-corrected chi connectivity index (χ1v) is 8.97. The Morgan fingerprint density at radius 1 is 1.14 bits per heavy atom. The van der Waals surface area contributed by atoms with Crippen LogP contribution in [0, 0.1) is 11.8 Å². The van der Waals surface area contributed by atoms with E-state index in [-0.39, 0.29) is 6.10 Å². The Bertz CT molecular complexity index is 334. The van der Waals surface area contributed by atoms with Gasteiger partial charge in [-0.2, -0.15) is 0 Å². The number of carboxylic acid groups (broad SMARTS) is 1. The molecule has 1 N–H and O–H groups in total. The molecule has 0 aromatic rings. The van der Waals surface area contributed by atoms with Crippen LogP contribution in [0.1, 0.15) is 84.5 Å². The smallest absolute Gasteiger partial charge is 0.320 e. The molecule has 1 fully saturated rings. The van der Waals surface area contributed by atoms with Gasteiger partial charge in [-0.25, -0.2) is 0 Å². The highest BCUT2D eigenvalue weighted by molar-refractivity contribution is 5.93. The van der Waals surface area contributed by atoms with Crippen molar-refractivity contribution in [3.63, 3.8) is 0 Å². The van der Waals surface area contributed by atoms with Crippen LogP contribution in [0.15, 0.2) is 0 Å². The number of esters is 1. The highest BCUT2D eigenvalue weighted by Crippen LogP contribution is 2.29. The highest BCUT2D eigenvalue weighted by atomic mass is 16.5. The standard InChI is InChI=1S/C18H32O4/c1-3-14(2)22-18(21)16(17(19)20)13-7-5-4-6-10-15-11-8-9-12-15/h14-16H,3-13H2,1-2H3,(H,19,20). The van der Waals surface area contributed by atoms with Gasteiger partial charge in [-0.05, 0) is 25.7 Å². The number of rotatable bonds is 11. The molecule has 1 aliphatic carbocycles. The van der Waals surface area contributed by atoms with Gasteiger partial charge in [0.1, 0.15) is 0 Å². The van der Waals surface area contributed by atoms with Crippen LogP contribution in [-0.4, -0.2) is 23.1 Å². The van der Waals surface area contributed by atoms with E-state index in [2.05, 4.69) is 0 Å². The summed E-state index contributed by atoms with van der Waals surface area (Å²) in [6.07, 6.45) is 12.0. The molecule has 1 saturated carbocycles. The SMILES string of the molecule is CCC(C)OC(=O)C(CCCCCCC1CCCC1)C(=O)O. The quantitative estimate of drug-likeness (QED) is 0.345. The molecule has 128 valence electrons. The molecular formula is C18H32O4. The summed E-state index contributed by atoms with van der Waals surface area (Å²) < 4.78 is 5.15. The molecule has 0 saturated heterocycles. The Morgan fingerprint density at radius 2 is 1.77 bits per heavy atom. The predicted molar refractivity (Wildman–Crippen MR) is 86.6 cm³/mol. The average Bonchev–Trinajstić information content (AvgIpc) is 2.98. The van der Waals surface area contributed by atoms with Crippen molar-refractivity contribution < 1.29 is 19.4 Å². The van der Waals surface area contributed by atoms with Crippen LogP contribution in [0.4, 0.5) is 0 Å². The fourth-order valence-electron chi connectivity index (χ4n) is 3.14. The second-order valence-corrected chi connectivity index (χ2v) is 6.69. The average molecular weight is 312 g/mol. The summed E-state index contributed by atoms with van der Waals surface area (Å²) in [4.78, 5) is 23.0. The predicted octanol–water partition coefficient (Wildman–Crippen LogP) is 4.56. The van der Waals surface area contributed by atoms with Crippen LogP contribution in [0.2, 0.25) is 0 Å². The summed E-state index contributed by atoms with van der Waals surface area (Å²) in [5, 5.41) is 9.17. The van der Waals surface area contributed by atoms with E-state index in [1.54, 1.807) is 6.92 Å². The minimum atomic E-state index is -1.06. The van der Waals surface area contributed by atoms with Crippen molar-refractivity contribution in [3.05, 3.63) is 0 Å². The van der Waals surface area contributed by atoms with E-state index in [0.717, 1.165) is 25.2 Å². The van der Waals surface area contributed by atoms with Crippen LogP contribution in [0.5, 0.6) is 0 Å². The van der Waals surface area contributed by atoms with Crippen molar-refractivity contribution >= 4 is 11.9 Å². The van der Waals surface area contributed by atoms with Crippen LogP contribution >= 0.6 is 0 Å². The number of hydrogen-bond acceptors (Lipinski definition) is 3. The van der Waals surface area contributed by atoms with Crippen LogP contribution < -0.4 is 0 Å². The zero-order chi connectivity index (χ0) is 16.4. The Balaban J connectivity index is 2.15. The van der Waals surface area contributed by atoms with Crippen molar-refractivity contribution in [2.45, 2.75) is 90.6 Å². The number of carboxylic acids is 1. The first-order chi connectivity index (χ1) is 10.5. The highest BCUT2D eigenvalue weighted by Gasteiger charge is 2.28. The monoisotopic (exact) mass is 312 g/mol. The normalized spacial score (nSPS) is 18.1. The number of carbonyl (C=O) groups is 2. The van der Waals surface area contributed by atoms with Crippen molar-refractivity contribution in [2.24, 2.45) is 11.8 Å². The number of carbonyl (C=O) groups excluding carboxylic acids is 1. The van der Waals surface area contributed by atoms with E-state index in [1.807, 2.05) is 6.92 Å². The van der Waals surface area contributed by atoms with Crippen molar-refractivity contribution in [3.8, 4) is 0 Å². The van der Waals surface area contributed by atoms with E-state index in [1.165, 1.54) is 38.5 Å². The summed E-state index contributed by atoms with van der Waals surface area (Å²) in [6.45, 7) is 3.71. The zero-order valence-electron chi connectivity index (χ0n) is 14.2. The van der Waals surface area contributed by atoms with Gasteiger partial charge in [0.15, 0.2) is 5.92 Å². The Hall–Kier alpha value is -1.06. The lowest BCUT2D eigenvalue weighted by Gasteiger charge is -2.15. The van der Waals surface area contributed by atoms with Crippen molar-refractivity contribution in [1.82, 2.24) is 0 Å². The summed E-state index contributed by atoms with van der Waals surface area (Å²) >= 11 is 0. The molecule has 2 unspecified atom stereocenters. The van der Waals surface area contributed by atoms with Gasteiger partial charge in [0, 0.05) is 0 Å². The molecule has 0 radical (unpaired) electrons. The van der Waals surface area contributed by atoms with Crippen LogP contribution in [0.25, 0.3) is 0 Å². The molecule has 0 aliphatic heterocycles. The van der Waals surface area contributed by atoms with E-state index in [0.29, 0.717) is 12.8 Å². The lowest BCUT2D eigenvalue weighted by molar-refractivity contribution is -0.162. The third kappa shape index (κ3) is 7.28. The summed E-state index contributed by atoms with van der Waals surface area (Å²) in [5.41, 5.74) is 0. The second-order valence-electron chi connectivity index (χ2n) is 6.69. The Labute approximate surface area is 134 Å². The molecule has 4 nitrogen and oxygen atoms in total. The molecule has 1 aliphatic rings. The maximum absolute atomic E-state index is 11.8. The Morgan fingerprint density at radius 3 is 2.36 bits per heavy atom. The van der Waals surface area contributed by atoms with Crippen LogP contribution in [0.3, 0.4) is 0 Å². The molecule has 1 rings (SSSR count). The lowest BCUT2D eigenvalue weighted by atomic mass is 9.97. The number of ether oxygens (including phenoxy) is 1. The zero-order valence-corrected chi connectivity index (χ0v) is 14.2. The van der Waals surface area contributed by atoms with Gasteiger partial charge in [0.2, 0.25) is 0 Å². The van der Waals surface area contributed by atoms with E-state index < -0.39 is 17.9 Å². The largest absolute Gasteiger partial charge is 0.481 e. The molecule has 0 spiro atoms. The minimum absolute atomic E-state index is 0.208. The van der Waals surface area contributed by atoms with Crippen molar-refractivity contribution in [1.29, 1.82) is 0 Å². The van der Waals surface area contributed by atoms with Gasteiger partial charge >= 0.3 is 11.9 Å². The van der Waals surface area contributed by atoms with Crippen molar-refractivity contribution in [2.75, 3.05) is 0 Å². The minimum Gasteiger partial charge on any atom is -0.481 e. The van der Waals surface area contributed by atoms with Gasteiger partial charge in [0.05, 0.1) is 6.10 Å². The summed E-state index contributed by atoms with van der Waals surface area (Å²) in [7, 11) is 0. The fraction of sp³-hybridized carbons (Fsp3) is 0.889. The lowest BCUT2D eigenvalue weighted by Crippen LogP contribution is -2.28. The number of aliphatic carboxylic acids is 1. The van der Waals surface area contributed by atoms with Gasteiger partial charge in [-0.1, -0.05) is 64.7 Å².